The van der Waals surface area contributed by atoms with E-state index >= 15 is 0 Å². The van der Waals surface area contributed by atoms with E-state index in [4.69, 9.17) is 6.57 Å². The Balaban J connectivity index is 2.95. The first-order valence-corrected chi connectivity index (χ1v) is 3.93. The molecule has 1 unspecified atom stereocenters. The van der Waals surface area contributed by atoms with Gasteiger partial charge >= 0.3 is 0 Å². The van der Waals surface area contributed by atoms with E-state index in [1.807, 2.05) is 13.0 Å². The lowest BCUT2D eigenvalue weighted by atomic mass is 10.1. The van der Waals surface area contributed by atoms with Crippen molar-refractivity contribution in [2.24, 2.45) is 0 Å². The van der Waals surface area contributed by atoms with Crippen LogP contribution in [0.4, 0.5) is 5.69 Å². The predicted molar refractivity (Wildman–Crippen MR) is 48.0 cm³/mol. The summed E-state index contributed by atoms with van der Waals surface area (Å²) in [5.41, 5.74) is 1.41. The molecular formula is C10H11NO. The van der Waals surface area contributed by atoms with Gasteiger partial charge in [-0.05, 0) is 12.0 Å². The molecule has 62 valence electrons. The van der Waals surface area contributed by atoms with E-state index < -0.39 is 6.10 Å². The van der Waals surface area contributed by atoms with Crippen LogP contribution in [0.25, 0.3) is 4.85 Å². The topological polar surface area (TPSA) is 24.6 Å². The fraction of sp³-hybridized carbons (Fsp3) is 0.300. The van der Waals surface area contributed by atoms with Crippen LogP contribution in [0.2, 0.25) is 0 Å². The fourth-order valence-electron chi connectivity index (χ4n) is 1.04. The molecule has 0 aliphatic carbocycles. The molecule has 0 spiro atoms. The summed E-state index contributed by atoms with van der Waals surface area (Å²) in [6.07, 6.45) is 0.244. The summed E-state index contributed by atoms with van der Waals surface area (Å²) in [5.74, 6) is 0. The number of hydrogen-bond acceptors (Lipinski definition) is 1. The molecule has 1 aromatic rings. The van der Waals surface area contributed by atoms with Gasteiger partial charge in [-0.15, -0.1) is 0 Å². The molecule has 0 radical (unpaired) electrons. The maximum absolute atomic E-state index is 9.45. The highest BCUT2D eigenvalue weighted by molar-refractivity contribution is 5.46. The summed E-state index contributed by atoms with van der Waals surface area (Å²) in [5, 5.41) is 9.45. The second-order valence-electron chi connectivity index (χ2n) is 2.63. The number of hydrogen-bond donors (Lipinski definition) is 1. The van der Waals surface area contributed by atoms with Crippen LogP contribution < -0.4 is 0 Å². The lowest BCUT2D eigenvalue weighted by Gasteiger charge is -2.07. The summed E-state index contributed by atoms with van der Waals surface area (Å²) in [6, 6.07) is 7.09. The van der Waals surface area contributed by atoms with Crippen molar-refractivity contribution in [3.8, 4) is 0 Å². The van der Waals surface area contributed by atoms with Crippen LogP contribution in [0.1, 0.15) is 25.0 Å². The third-order valence-corrected chi connectivity index (χ3v) is 1.77. The van der Waals surface area contributed by atoms with Gasteiger partial charge in [0.1, 0.15) is 0 Å². The number of benzene rings is 1. The van der Waals surface area contributed by atoms with Crippen molar-refractivity contribution >= 4 is 5.69 Å². The summed E-state index contributed by atoms with van der Waals surface area (Å²) in [7, 11) is 0. The standard InChI is InChI=1S/C10H11NO/c1-3-10(12)8-5-4-6-9(7-8)11-2/h4-7,10,12H,3H2,1H3. The number of rotatable bonds is 2. The lowest BCUT2D eigenvalue weighted by molar-refractivity contribution is 0.174. The smallest absolute Gasteiger partial charge is 0.187 e. The van der Waals surface area contributed by atoms with Gasteiger partial charge in [0.2, 0.25) is 0 Å². The molecule has 1 aromatic carbocycles. The highest BCUT2D eigenvalue weighted by Crippen LogP contribution is 2.21. The van der Waals surface area contributed by atoms with Crippen LogP contribution in [0.15, 0.2) is 24.3 Å². The van der Waals surface area contributed by atoms with E-state index in [0.717, 1.165) is 5.56 Å². The van der Waals surface area contributed by atoms with Gasteiger partial charge in [-0.2, -0.15) is 0 Å². The van der Waals surface area contributed by atoms with E-state index in [2.05, 4.69) is 4.85 Å². The largest absolute Gasteiger partial charge is 0.388 e. The van der Waals surface area contributed by atoms with Crippen molar-refractivity contribution in [1.29, 1.82) is 0 Å². The summed E-state index contributed by atoms with van der Waals surface area (Å²) >= 11 is 0. The zero-order valence-electron chi connectivity index (χ0n) is 6.99. The molecule has 1 rings (SSSR count). The van der Waals surface area contributed by atoms with Crippen LogP contribution in [-0.4, -0.2) is 5.11 Å². The van der Waals surface area contributed by atoms with E-state index in [-0.39, 0.29) is 0 Å². The third-order valence-electron chi connectivity index (χ3n) is 1.77. The Morgan fingerprint density at radius 1 is 1.58 bits per heavy atom. The monoisotopic (exact) mass is 161 g/mol. The van der Waals surface area contributed by atoms with Gasteiger partial charge in [0, 0.05) is 0 Å². The van der Waals surface area contributed by atoms with Crippen molar-refractivity contribution < 1.29 is 5.11 Å². The molecule has 1 atom stereocenters. The van der Waals surface area contributed by atoms with Crippen LogP contribution in [0, 0.1) is 6.57 Å². The lowest BCUT2D eigenvalue weighted by Crippen LogP contribution is -1.93. The van der Waals surface area contributed by atoms with E-state index in [1.165, 1.54) is 0 Å². The molecule has 0 heterocycles. The molecule has 2 heteroatoms. The van der Waals surface area contributed by atoms with Gasteiger partial charge in [0.15, 0.2) is 5.69 Å². The van der Waals surface area contributed by atoms with Gasteiger partial charge < -0.3 is 5.11 Å². The minimum Gasteiger partial charge on any atom is -0.388 e. The molecule has 0 aromatic heterocycles. The van der Waals surface area contributed by atoms with Crippen molar-refractivity contribution in [2.75, 3.05) is 0 Å². The molecule has 1 N–H and O–H groups in total. The normalized spacial score (nSPS) is 12.1. The first-order valence-electron chi connectivity index (χ1n) is 3.93. The number of aliphatic hydroxyl groups is 1. The quantitative estimate of drug-likeness (QED) is 0.662. The van der Waals surface area contributed by atoms with E-state index in [9.17, 15) is 5.11 Å². The minimum absolute atomic E-state index is 0.438. The van der Waals surface area contributed by atoms with Crippen LogP contribution >= 0.6 is 0 Å². The van der Waals surface area contributed by atoms with Crippen molar-refractivity contribution in [3.63, 3.8) is 0 Å². The molecule has 0 amide bonds. The molecular weight excluding hydrogens is 150 g/mol. The Bertz CT molecular complexity index is 301. The second-order valence-corrected chi connectivity index (χ2v) is 2.63. The van der Waals surface area contributed by atoms with Crippen LogP contribution in [-0.2, 0) is 0 Å². The fourth-order valence-corrected chi connectivity index (χ4v) is 1.04. The Morgan fingerprint density at radius 2 is 2.33 bits per heavy atom. The zero-order valence-corrected chi connectivity index (χ0v) is 6.99. The SMILES string of the molecule is [C-]#[N+]c1cccc(C(O)CC)c1. The number of aliphatic hydroxyl groups excluding tert-OH is 1. The molecule has 0 fully saturated rings. The van der Waals surface area contributed by atoms with Gasteiger partial charge in [0.25, 0.3) is 0 Å². The molecule has 0 saturated carbocycles. The zero-order chi connectivity index (χ0) is 8.97. The molecule has 0 aliphatic heterocycles. The van der Waals surface area contributed by atoms with Crippen LogP contribution in [0.5, 0.6) is 0 Å². The molecule has 0 bridgehead atoms. The van der Waals surface area contributed by atoms with Gasteiger partial charge in [-0.1, -0.05) is 31.2 Å². The van der Waals surface area contributed by atoms with Crippen molar-refractivity contribution in [3.05, 3.63) is 41.2 Å². The second kappa shape index (κ2) is 3.89. The predicted octanol–water partition coefficient (Wildman–Crippen LogP) is 2.68. The maximum atomic E-state index is 9.45. The van der Waals surface area contributed by atoms with E-state index in [0.29, 0.717) is 12.1 Å². The van der Waals surface area contributed by atoms with Crippen molar-refractivity contribution in [2.45, 2.75) is 19.4 Å². The van der Waals surface area contributed by atoms with Gasteiger partial charge in [-0.25, -0.2) is 4.85 Å². The van der Waals surface area contributed by atoms with Crippen molar-refractivity contribution in [1.82, 2.24) is 0 Å². The molecule has 0 aliphatic rings. The van der Waals surface area contributed by atoms with Crippen LogP contribution in [0.3, 0.4) is 0 Å². The average Bonchev–Trinajstić information content (AvgIpc) is 2.17. The maximum Gasteiger partial charge on any atom is 0.187 e. The molecule has 0 saturated heterocycles. The van der Waals surface area contributed by atoms with E-state index in [1.54, 1.807) is 18.2 Å². The molecule has 12 heavy (non-hydrogen) atoms. The number of nitrogens with zero attached hydrogens (tertiary/aromatic N) is 1. The minimum atomic E-state index is -0.438. The van der Waals surface area contributed by atoms with Gasteiger partial charge in [0.05, 0.1) is 12.7 Å². The molecule has 2 nitrogen and oxygen atoms in total. The third kappa shape index (κ3) is 1.84. The first kappa shape index (κ1) is 8.76. The first-order chi connectivity index (χ1) is 5.77. The highest BCUT2D eigenvalue weighted by atomic mass is 16.3. The summed E-state index contributed by atoms with van der Waals surface area (Å²) in [6.45, 7) is 8.69. The Hall–Kier alpha value is -1.33. The average molecular weight is 161 g/mol. The Kier molecular flexibility index (Phi) is 2.84. The highest BCUT2D eigenvalue weighted by Gasteiger charge is 2.03. The summed E-state index contributed by atoms with van der Waals surface area (Å²) < 4.78 is 0. The Labute approximate surface area is 72.3 Å². The van der Waals surface area contributed by atoms with Gasteiger partial charge in [-0.3, -0.25) is 0 Å². The summed E-state index contributed by atoms with van der Waals surface area (Å²) in [4.78, 5) is 3.29. The Morgan fingerprint density at radius 3 is 2.92 bits per heavy atom.